The lowest BCUT2D eigenvalue weighted by molar-refractivity contribution is 0.0730. The number of ether oxygens (including phenoxy) is 1. The highest BCUT2D eigenvalue weighted by atomic mass is 79.9. The Balaban J connectivity index is 1.43. The number of rotatable bonds is 8. The zero-order valence-electron chi connectivity index (χ0n) is 19.5. The molecule has 1 aliphatic heterocycles. The van der Waals surface area contributed by atoms with Gasteiger partial charge in [0.05, 0.1) is 35.8 Å². The van der Waals surface area contributed by atoms with Gasteiger partial charge in [0.1, 0.15) is 0 Å². The van der Waals surface area contributed by atoms with Crippen LogP contribution in [-0.4, -0.2) is 53.1 Å². The molecule has 5 rings (SSSR count). The van der Waals surface area contributed by atoms with Gasteiger partial charge in [-0.05, 0) is 48.4 Å². The van der Waals surface area contributed by atoms with E-state index in [-0.39, 0.29) is 4.90 Å². The molecule has 0 unspecified atom stereocenters. The van der Waals surface area contributed by atoms with Crippen LogP contribution >= 0.6 is 27.3 Å². The van der Waals surface area contributed by atoms with Gasteiger partial charge in [-0.15, -0.1) is 11.3 Å². The summed E-state index contributed by atoms with van der Waals surface area (Å²) in [4.78, 5) is 10.1. The topological polar surface area (TPSA) is 81.7 Å². The van der Waals surface area contributed by atoms with Crippen LogP contribution in [0.15, 0.2) is 87.0 Å². The van der Waals surface area contributed by atoms with Gasteiger partial charge < -0.3 is 13.9 Å². The highest BCUT2D eigenvalue weighted by molar-refractivity contribution is 9.10. The van der Waals surface area contributed by atoms with E-state index >= 15 is 0 Å². The van der Waals surface area contributed by atoms with E-state index in [0.29, 0.717) is 32.0 Å². The molecule has 4 aromatic rings. The van der Waals surface area contributed by atoms with Crippen LogP contribution in [-0.2, 0) is 27.8 Å². The van der Waals surface area contributed by atoms with Crippen molar-refractivity contribution in [2.45, 2.75) is 24.4 Å². The predicted molar refractivity (Wildman–Crippen MR) is 144 cm³/mol. The SMILES string of the molecule is O=S(=O)(c1ccc(N=c2scc(-c3ccc(Br)cc3)n2CCCn2ccnc2)cc1)N1CCOCC1. The molecule has 1 saturated heterocycles. The number of hydrogen-bond acceptors (Lipinski definition) is 6. The average molecular weight is 589 g/mol. The minimum atomic E-state index is -3.53. The van der Waals surface area contributed by atoms with E-state index in [9.17, 15) is 8.42 Å². The van der Waals surface area contributed by atoms with E-state index in [0.717, 1.165) is 40.0 Å². The largest absolute Gasteiger partial charge is 0.379 e. The number of thiazole rings is 1. The summed E-state index contributed by atoms with van der Waals surface area (Å²) in [7, 11) is -3.53. The maximum atomic E-state index is 12.9. The van der Waals surface area contributed by atoms with Crippen LogP contribution < -0.4 is 4.80 Å². The Hall–Kier alpha value is -2.57. The number of benzene rings is 2. The van der Waals surface area contributed by atoms with Crippen LogP contribution in [0, 0.1) is 0 Å². The van der Waals surface area contributed by atoms with Gasteiger partial charge in [0.2, 0.25) is 10.0 Å². The first kappa shape index (κ1) is 25.1. The fourth-order valence-electron chi connectivity index (χ4n) is 4.06. The van der Waals surface area contributed by atoms with Gasteiger partial charge in [0.15, 0.2) is 4.80 Å². The zero-order valence-corrected chi connectivity index (χ0v) is 22.8. The monoisotopic (exact) mass is 587 g/mol. The fourth-order valence-corrected chi connectivity index (χ4v) is 6.68. The molecule has 8 nitrogen and oxygen atoms in total. The van der Waals surface area contributed by atoms with Crippen LogP contribution in [0.2, 0.25) is 0 Å². The lowest BCUT2D eigenvalue weighted by atomic mass is 10.2. The number of nitrogens with zero attached hydrogens (tertiary/aromatic N) is 5. The van der Waals surface area contributed by atoms with Crippen molar-refractivity contribution in [3.8, 4) is 11.3 Å². The Morgan fingerprint density at radius 3 is 2.47 bits per heavy atom. The van der Waals surface area contributed by atoms with Crippen molar-refractivity contribution in [3.63, 3.8) is 0 Å². The number of aromatic nitrogens is 3. The first-order chi connectivity index (χ1) is 17.5. The molecule has 1 aliphatic rings. The Morgan fingerprint density at radius 1 is 1.03 bits per heavy atom. The number of halogens is 1. The normalized spacial score (nSPS) is 15.4. The Morgan fingerprint density at radius 2 is 1.78 bits per heavy atom. The number of morpholine rings is 1. The third-order valence-corrected chi connectivity index (χ3v) is 9.27. The minimum absolute atomic E-state index is 0.276. The van der Waals surface area contributed by atoms with Gasteiger partial charge >= 0.3 is 0 Å². The highest BCUT2D eigenvalue weighted by Gasteiger charge is 2.26. The van der Waals surface area contributed by atoms with Crippen molar-refractivity contribution in [1.29, 1.82) is 0 Å². The summed E-state index contributed by atoms with van der Waals surface area (Å²) >= 11 is 5.09. The summed E-state index contributed by atoms with van der Waals surface area (Å²) < 4.78 is 38.0. The van der Waals surface area contributed by atoms with Crippen molar-refractivity contribution in [2.24, 2.45) is 4.99 Å². The van der Waals surface area contributed by atoms with E-state index in [1.807, 2.05) is 24.7 Å². The van der Waals surface area contributed by atoms with Crippen LogP contribution in [0.1, 0.15) is 6.42 Å². The molecule has 3 heterocycles. The van der Waals surface area contributed by atoms with Crippen molar-refractivity contribution < 1.29 is 13.2 Å². The van der Waals surface area contributed by atoms with E-state index in [1.54, 1.807) is 41.8 Å². The van der Waals surface area contributed by atoms with Crippen LogP contribution in [0.25, 0.3) is 11.3 Å². The molecule has 0 radical (unpaired) electrons. The summed E-state index contributed by atoms with van der Waals surface area (Å²) in [5.74, 6) is 0. The van der Waals surface area contributed by atoms with Gasteiger partial charge in [-0.25, -0.2) is 18.4 Å². The predicted octanol–water partition coefficient (Wildman–Crippen LogP) is 4.52. The van der Waals surface area contributed by atoms with Crippen molar-refractivity contribution in [3.05, 3.63) is 81.9 Å². The molecule has 1 fully saturated rings. The Kier molecular flexibility index (Phi) is 7.82. The fraction of sp³-hybridized carbons (Fsp3) is 0.280. The van der Waals surface area contributed by atoms with Crippen LogP contribution in [0.3, 0.4) is 0 Å². The summed E-state index contributed by atoms with van der Waals surface area (Å²) in [5.41, 5.74) is 2.93. The zero-order chi connectivity index (χ0) is 25.0. The molecule has 0 saturated carbocycles. The lowest BCUT2D eigenvalue weighted by Gasteiger charge is -2.26. The minimum Gasteiger partial charge on any atom is -0.379 e. The van der Waals surface area contributed by atoms with Gasteiger partial charge in [-0.3, -0.25) is 0 Å². The molecular weight excluding hydrogens is 562 g/mol. The first-order valence-corrected chi connectivity index (χ1v) is 14.7. The average Bonchev–Trinajstić information content (AvgIpc) is 3.56. The number of imidazole rings is 1. The van der Waals surface area contributed by atoms with Crippen molar-refractivity contribution in [2.75, 3.05) is 26.3 Å². The molecule has 0 amide bonds. The van der Waals surface area contributed by atoms with E-state index < -0.39 is 10.0 Å². The smallest absolute Gasteiger partial charge is 0.243 e. The van der Waals surface area contributed by atoms with Crippen LogP contribution in [0.4, 0.5) is 5.69 Å². The number of sulfonamides is 1. The lowest BCUT2D eigenvalue weighted by Crippen LogP contribution is -2.40. The second kappa shape index (κ2) is 11.2. The van der Waals surface area contributed by atoms with Gasteiger partial charge in [-0.1, -0.05) is 28.1 Å². The van der Waals surface area contributed by atoms with E-state index in [2.05, 4.69) is 47.6 Å². The summed E-state index contributed by atoms with van der Waals surface area (Å²) in [5, 5.41) is 2.12. The van der Waals surface area contributed by atoms with E-state index in [1.165, 1.54) is 4.31 Å². The molecule has 2 aromatic carbocycles. The molecule has 0 atom stereocenters. The Labute approximate surface area is 222 Å². The molecule has 11 heteroatoms. The highest BCUT2D eigenvalue weighted by Crippen LogP contribution is 2.24. The third kappa shape index (κ3) is 5.70. The molecule has 188 valence electrons. The second-order valence-electron chi connectivity index (χ2n) is 8.34. The van der Waals surface area contributed by atoms with Crippen molar-refractivity contribution in [1.82, 2.24) is 18.4 Å². The van der Waals surface area contributed by atoms with Gasteiger partial charge in [0, 0.05) is 48.4 Å². The number of hydrogen-bond donors (Lipinski definition) is 0. The maximum Gasteiger partial charge on any atom is 0.243 e. The third-order valence-electron chi connectivity index (χ3n) is 5.96. The van der Waals surface area contributed by atoms with E-state index in [4.69, 9.17) is 9.73 Å². The summed E-state index contributed by atoms with van der Waals surface area (Å²) in [6.07, 6.45) is 6.49. The standard InChI is InChI=1S/C25H26BrN5O3S2/c26-21-4-2-20(3-5-21)24-18-35-25(31(24)12-1-11-29-13-10-27-19-29)28-22-6-8-23(9-7-22)36(32,33)30-14-16-34-17-15-30/h2-10,13,18-19H,1,11-12,14-17H2. The van der Waals surface area contributed by atoms with Gasteiger partial charge in [-0.2, -0.15) is 4.31 Å². The first-order valence-electron chi connectivity index (χ1n) is 11.6. The second-order valence-corrected chi connectivity index (χ2v) is 12.0. The molecule has 0 N–H and O–H groups in total. The number of aryl methyl sites for hydroxylation is 1. The summed E-state index contributed by atoms with van der Waals surface area (Å²) in [6.45, 7) is 3.24. The molecule has 2 aromatic heterocycles. The van der Waals surface area contributed by atoms with Crippen LogP contribution in [0.5, 0.6) is 0 Å². The molecule has 0 spiro atoms. The molecule has 36 heavy (non-hydrogen) atoms. The Bertz CT molecular complexity index is 1460. The maximum absolute atomic E-state index is 12.9. The quantitative estimate of drug-likeness (QED) is 0.303. The molecular formula is C25H26BrN5O3S2. The molecule has 0 aliphatic carbocycles. The van der Waals surface area contributed by atoms with Crippen molar-refractivity contribution >= 4 is 43.0 Å². The summed E-state index contributed by atoms with van der Waals surface area (Å²) in [6, 6.07) is 15.1. The van der Waals surface area contributed by atoms with Gasteiger partial charge in [0.25, 0.3) is 0 Å². The molecule has 0 bridgehead atoms.